The van der Waals surface area contributed by atoms with Crippen molar-refractivity contribution in [3.8, 4) is 23.8 Å². The fourth-order valence-corrected chi connectivity index (χ4v) is 8.26. The van der Waals surface area contributed by atoms with E-state index in [-0.39, 0.29) is 30.1 Å². The highest BCUT2D eigenvalue weighted by Crippen LogP contribution is 2.47. The predicted molar refractivity (Wildman–Crippen MR) is 196 cm³/mol. The molecule has 0 unspecified atom stereocenters. The second kappa shape index (κ2) is 15.0. The Morgan fingerprint density at radius 2 is 1.98 bits per heavy atom. The van der Waals surface area contributed by atoms with Gasteiger partial charge in [0.1, 0.15) is 28.6 Å². The third-order valence-corrected chi connectivity index (χ3v) is 10.6. The molecule has 13 heteroatoms. The van der Waals surface area contributed by atoms with E-state index in [1.165, 1.54) is 11.3 Å². The van der Waals surface area contributed by atoms with E-state index in [2.05, 4.69) is 44.7 Å². The largest absolute Gasteiger partial charge is 0.473 e. The van der Waals surface area contributed by atoms with Crippen LogP contribution in [0.25, 0.3) is 0 Å². The van der Waals surface area contributed by atoms with E-state index in [0.717, 1.165) is 42.7 Å². The Morgan fingerprint density at radius 3 is 2.62 bits per heavy atom. The molecule has 1 aliphatic carbocycles. The summed E-state index contributed by atoms with van der Waals surface area (Å²) in [6.07, 6.45) is 5.75. The number of nitriles is 1. The van der Waals surface area contributed by atoms with E-state index in [0.29, 0.717) is 48.3 Å². The molecule has 4 heterocycles. The van der Waals surface area contributed by atoms with Crippen LogP contribution >= 0.6 is 11.3 Å². The van der Waals surface area contributed by atoms with Gasteiger partial charge in [-0.3, -0.25) is 9.69 Å². The minimum absolute atomic E-state index is 0.0412. The molecule has 0 N–H and O–H groups in total. The minimum Gasteiger partial charge on any atom is -0.473 e. The van der Waals surface area contributed by atoms with Crippen LogP contribution in [0.1, 0.15) is 93.8 Å². The number of aromatic nitrogens is 2. The molecule has 0 spiro atoms. The third-order valence-electron chi connectivity index (χ3n) is 9.46. The van der Waals surface area contributed by atoms with E-state index in [4.69, 9.17) is 14.5 Å². The lowest BCUT2D eigenvalue weighted by Crippen LogP contribution is -2.55. The molecular weight excluding hydrogens is 653 g/mol. The Labute approximate surface area is 300 Å². The van der Waals surface area contributed by atoms with Crippen LogP contribution in [0.15, 0.2) is 11.1 Å². The Bertz CT molecular complexity index is 1730. The molecular formula is C37H50N8O4S. The SMILES string of the molecule is C[C@H](Oc1cc(N2CCN(C(=O)OC(C)(C)C)C[C@H]2C)nc(C(=O)C#C[C@@]2(C)CCCc3sc(/N=C/N(C)C)c(C#N)c32)n1)[C@@H]1CCCN1C. The van der Waals surface area contributed by atoms with Crippen molar-refractivity contribution in [1.82, 2.24) is 24.7 Å². The molecule has 2 saturated heterocycles. The first-order valence-corrected chi connectivity index (χ1v) is 18.2. The number of rotatable bonds is 7. The second-order valence-electron chi connectivity index (χ2n) is 15.0. The maximum Gasteiger partial charge on any atom is 0.410 e. The number of likely N-dealkylation sites (tertiary alicyclic amines) is 1. The highest BCUT2D eigenvalue weighted by Gasteiger charge is 2.37. The molecule has 0 bridgehead atoms. The van der Waals surface area contributed by atoms with Crippen molar-refractivity contribution >= 4 is 40.4 Å². The zero-order chi connectivity index (χ0) is 36.4. The van der Waals surface area contributed by atoms with E-state index in [1.54, 1.807) is 17.3 Å². The quantitative estimate of drug-likeness (QED) is 0.121. The molecule has 2 aromatic rings. The molecule has 2 aliphatic heterocycles. The van der Waals surface area contributed by atoms with Gasteiger partial charge >= 0.3 is 6.09 Å². The average molecular weight is 703 g/mol. The number of carbonyl (C=O) groups excluding carboxylic acids is 2. The molecule has 12 nitrogen and oxygen atoms in total. The maximum atomic E-state index is 13.9. The summed E-state index contributed by atoms with van der Waals surface area (Å²) >= 11 is 1.52. The molecule has 4 atom stereocenters. The van der Waals surface area contributed by atoms with Crippen molar-refractivity contribution in [2.24, 2.45) is 4.99 Å². The number of hydrogen-bond acceptors (Lipinski definition) is 11. The van der Waals surface area contributed by atoms with Gasteiger partial charge in [0, 0.05) is 62.3 Å². The van der Waals surface area contributed by atoms with Crippen LogP contribution in [0.2, 0.25) is 0 Å². The van der Waals surface area contributed by atoms with Gasteiger partial charge in [-0.25, -0.2) is 14.8 Å². The van der Waals surface area contributed by atoms with Crippen molar-refractivity contribution < 1.29 is 19.1 Å². The molecule has 268 valence electrons. The van der Waals surface area contributed by atoms with Gasteiger partial charge in [-0.1, -0.05) is 5.92 Å². The van der Waals surface area contributed by atoms with E-state index in [9.17, 15) is 14.9 Å². The number of aliphatic imine (C=N–C) groups is 1. The summed E-state index contributed by atoms with van der Waals surface area (Å²) in [5, 5.41) is 10.8. The lowest BCUT2D eigenvalue weighted by atomic mass is 9.73. The Balaban J connectivity index is 1.46. The van der Waals surface area contributed by atoms with Crippen molar-refractivity contribution in [2.75, 3.05) is 52.2 Å². The number of carbonyl (C=O) groups is 2. The smallest absolute Gasteiger partial charge is 0.410 e. The van der Waals surface area contributed by atoms with Crippen LogP contribution in [0.4, 0.5) is 15.6 Å². The maximum absolute atomic E-state index is 13.9. The number of piperazine rings is 1. The number of fused-ring (bicyclic) bond motifs is 1. The lowest BCUT2D eigenvalue weighted by Gasteiger charge is -2.40. The fourth-order valence-electron chi connectivity index (χ4n) is 7.00. The van der Waals surface area contributed by atoms with E-state index >= 15 is 0 Å². The fraction of sp³-hybridized carbons (Fsp3) is 0.622. The number of amides is 1. The van der Waals surface area contributed by atoms with Gasteiger partial charge in [0.25, 0.3) is 5.78 Å². The molecule has 2 aromatic heterocycles. The summed E-state index contributed by atoms with van der Waals surface area (Å²) in [6, 6.07) is 4.27. The standard InChI is InChI=1S/C37H50N8O4S/c1-24-22-44(35(47)49-36(3,4)5)18-19-45(24)30-20-31(48-25(2)27-12-11-17-43(27)9)41-33(40-30)28(46)14-16-37(6)15-10-13-29-32(37)26(21-38)34(50-29)39-23-42(7)8/h20,23-25,27H,10-13,15,17-19,22H2,1-9H3/b39-23+/t24-,25+,27+,37-/m1/s1. The second-order valence-corrected chi connectivity index (χ2v) is 16.1. The first-order chi connectivity index (χ1) is 23.6. The van der Waals surface area contributed by atoms with Gasteiger partial charge in [0.15, 0.2) is 0 Å². The van der Waals surface area contributed by atoms with Crippen LogP contribution in [-0.2, 0) is 16.6 Å². The first kappa shape index (κ1) is 37.1. The summed E-state index contributed by atoms with van der Waals surface area (Å²) in [5.41, 5.74) is 0.0927. The zero-order valence-corrected chi connectivity index (χ0v) is 31.7. The molecule has 1 amide bonds. The van der Waals surface area contributed by atoms with Gasteiger partial charge in [-0.2, -0.15) is 10.2 Å². The van der Waals surface area contributed by atoms with Crippen LogP contribution in [-0.4, -0.2) is 114 Å². The predicted octanol–water partition coefficient (Wildman–Crippen LogP) is 5.42. The third kappa shape index (κ3) is 8.39. The number of ketones is 1. The average Bonchev–Trinajstić information content (AvgIpc) is 3.65. The van der Waals surface area contributed by atoms with Crippen molar-refractivity contribution in [3.63, 3.8) is 0 Å². The number of ether oxygens (including phenoxy) is 2. The van der Waals surface area contributed by atoms with Crippen LogP contribution in [0, 0.1) is 23.2 Å². The topological polar surface area (TPSA) is 127 Å². The van der Waals surface area contributed by atoms with Crippen LogP contribution in [0.5, 0.6) is 5.88 Å². The number of anilines is 1. The highest BCUT2D eigenvalue weighted by molar-refractivity contribution is 7.16. The van der Waals surface area contributed by atoms with Gasteiger partial charge in [0.2, 0.25) is 11.7 Å². The number of likely N-dealkylation sites (N-methyl/N-ethyl adjacent to an activating group) is 1. The summed E-state index contributed by atoms with van der Waals surface area (Å²) in [5.74, 6) is 6.43. The summed E-state index contributed by atoms with van der Waals surface area (Å²) in [4.78, 5) is 49.6. The number of hydrogen-bond donors (Lipinski definition) is 0. The van der Waals surface area contributed by atoms with Crippen LogP contribution < -0.4 is 9.64 Å². The Kier molecular flexibility index (Phi) is 11.1. The molecule has 3 aliphatic rings. The highest BCUT2D eigenvalue weighted by atomic mass is 32.1. The molecule has 50 heavy (non-hydrogen) atoms. The molecule has 2 fully saturated rings. The molecule has 0 aromatic carbocycles. The minimum atomic E-state index is -0.707. The summed E-state index contributed by atoms with van der Waals surface area (Å²) < 4.78 is 12.0. The summed E-state index contributed by atoms with van der Waals surface area (Å²) in [6.45, 7) is 14.0. The van der Waals surface area contributed by atoms with Crippen molar-refractivity contribution in [1.29, 1.82) is 5.26 Å². The van der Waals surface area contributed by atoms with E-state index < -0.39 is 16.8 Å². The molecule has 0 saturated carbocycles. The first-order valence-electron chi connectivity index (χ1n) is 17.4. The van der Waals surface area contributed by atoms with Gasteiger partial charge < -0.3 is 24.2 Å². The van der Waals surface area contributed by atoms with Gasteiger partial charge in [0.05, 0.1) is 17.3 Å². The number of aryl methyl sites for hydroxylation is 1. The normalized spacial score (nSPS) is 23.1. The van der Waals surface area contributed by atoms with Crippen LogP contribution in [0.3, 0.4) is 0 Å². The van der Waals surface area contributed by atoms with Crippen molar-refractivity contribution in [3.05, 3.63) is 27.9 Å². The van der Waals surface area contributed by atoms with E-state index in [1.807, 2.05) is 60.5 Å². The number of thiophene rings is 1. The monoisotopic (exact) mass is 702 g/mol. The summed E-state index contributed by atoms with van der Waals surface area (Å²) in [7, 11) is 5.87. The Morgan fingerprint density at radius 1 is 1.22 bits per heavy atom. The van der Waals surface area contributed by atoms with Gasteiger partial charge in [-0.15, -0.1) is 11.3 Å². The van der Waals surface area contributed by atoms with Crippen molar-refractivity contribution in [2.45, 2.75) is 103 Å². The molecule has 0 radical (unpaired) electrons. The lowest BCUT2D eigenvalue weighted by molar-refractivity contribution is 0.0218. The van der Waals surface area contributed by atoms with Gasteiger partial charge in [-0.05, 0) is 93.2 Å². The zero-order valence-electron chi connectivity index (χ0n) is 30.9. The molecule has 5 rings (SSSR count). The number of nitrogens with zero attached hydrogens (tertiary/aromatic N) is 8. The number of Topliss-reactive ketones (excluding diaryl/α,β-unsaturated/α-hetero) is 1. The Hall–Kier alpha value is -4.20.